The van der Waals surface area contributed by atoms with E-state index in [0.717, 1.165) is 28.4 Å². The molecular formula is C20H23FN4O3. The van der Waals surface area contributed by atoms with Gasteiger partial charge in [0.2, 0.25) is 11.8 Å². The maximum atomic E-state index is 13.4. The molecule has 0 fully saturated rings. The molecule has 2 rings (SSSR count). The largest absolute Gasteiger partial charge is 0.376 e. The number of aryl methyl sites for hydroxylation is 3. The van der Waals surface area contributed by atoms with Gasteiger partial charge < -0.3 is 21.7 Å². The molecule has 0 atom stereocenters. The summed E-state index contributed by atoms with van der Waals surface area (Å²) >= 11 is 0. The number of nitrogens with one attached hydrogen (secondary N) is 3. The highest BCUT2D eigenvalue weighted by Crippen LogP contribution is 2.21. The molecule has 0 radical (unpaired) electrons. The second-order valence-electron chi connectivity index (χ2n) is 6.51. The fourth-order valence-corrected chi connectivity index (χ4v) is 2.81. The van der Waals surface area contributed by atoms with Crippen molar-refractivity contribution in [2.24, 2.45) is 5.73 Å². The van der Waals surface area contributed by atoms with E-state index in [1.54, 1.807) is 0 Å². The lowest BCUT2D eigenvalue weighted by Gasteiger charge is -2.13. The summed E-state index contributed by atoms with van der Waals surface area (Å²) in [5.41, 5.74) is 8.90. The number of halogens is 1. The Morgan fingerprint density at radius 1 is 0.964 bits per heavy atom. The Kier molecular flexibility index (Phi) is 6.70. The molecule has 8 heteroatoms. The number of benzene rings is 2. The van der Waals surface area contributed by atoms with Gasteiger partial charge in [-0.1, -0.05) is 17.7 Å². The summed E-state index contributed by atoms with van der Waals surface area (Å²) in [6.07, 6.45) is 0. The molecule has 28 heavy (non-hydrogen) atoms. The molecule has 0 spiro atoms. The average molecular weight is 386 g/mol. The zero-order valence-corrected chi connectivity index (χ0v) is 16.0. The van der Waals surface area contributed by atoms with Crippen LogP contribution in [0.25, 0.3) is 0 Å². The molecule has 2 aromatic carbocycles. The minimum atomic E-state index is -0.899. The van der Waals surface area contributed by atoms with Crippen molar-refractivity contribution in [1.82, 2.24) is 5.32 Å². The number of carbonyl (C=O) groups excluding carboxylic acids is 3. The van der Waals surface area contributed by atoms with Crippen LogP contribution in [0, 0.1) is 26.6 Å². The number of hydrogen-bond acceptors (Lipinski definition) is 4. The van der Waals surface area contributed by atoms with Crippen LogP contribution in [-0.4, -0.2) is 30.8 Å². The molecule has 0 bridgehead atoms. The normalized spacial score (nSPS) is 10.3. The Labute approximate surface area is 162 Å². The topological polar surface area (TPSA) is 113 Å². The first-order valence-electron chi connectivity index (χ1n) is 8.65. The van der Waals surface area contributed by atoms with Crippen molar-refractivity contribution in [3.05, 3.63) is 58.4 Å². The van der Waals surface area contributed by atoms with E-state index in [4.69, 9.17) is 5.73 Å². The fraction of sp³-hybridized carbons (Fsp3) is 0.250. The number of amides is 3. The Balaban J connectivity index is 1.85. The van der Waals surface area contributed by atoms with Crippen LogP contribution in [-0.2, 0) is 9.59 Å². The predicted molar refractivity (Wildman–Crippen MR) is 106 cm³/mol. The van der Waals surface area contributed by atoms with Gasteiger partial charge in [0.25, 0.3) is 5.91 Å². The number of hydrogen-bond donors (Lipinski definition) is 4. The van der Waals surface area contributed by atoms with E-state index >= 15 is 0 Å². The van der Waals surface area contributed by atoms with Crippen molar-refractivity contribution >= 4 is 29.1 Å². The zero-order chi connectivity index (χ0) is 20.8. The van der Waals surface area contributed by atoms with Gasteiger partial charge in [0.1, 0.15) is 5.82 Å². The standard InChI is InChI=1S/C20H23FN4O3/c1-11-6-12(2)19(13(3)7-11)25-18(27)10-24-17(26)9-23-14-4-5-16(21)15(8-14)20(22)28/h4-8,23H,9-10H2,1-3H3,(H2,22,28)(H,24,26)(H,25,27). The summed E-state index contributed by atoms with van der Waals surface area (Å²) in [4.78, 5) is 35.2. The maximum absolute atomic E-state index is 13.4. The van der Waals surface area contributed by atoms with Crippen LogP contribution in [0.15, 0.2) is 30.3 Å². The van der Waals surface area contributed by atoms with E-state index < -0.39 is 17.6 Å². The molecule has 0 aliphatic rings. The van der Waals surface area contributed by atoms with Gasteiger partial charge in [-0.3, -0.25) is 14.4 Å². The van der Waals surface area contributed by atoms with Crippen molar-refractivity contribution in [2.45, 2.75) is 20.8 Å². The molecular weight excluding hydrogens is 363 g/mol. The third-order valence-electron chi connectivity index (χ3n) is 4.07. The molecule has 148 valence electrons. The monoisotopic (exact) mass is 386 g/mol. The highest BCUT2D eigenvalue weighted by Gasteiger charge is 2.11. The van der Waals surface area contributed by atoms with Crippen LogP contribution in [0.1, 0.15) is 27.0 Å². The highest BCUT2D eigenvalue weighted by molar-refractivity contribution is 5.96. The molecule has 0 unspecified atom stereocenters. The Hall–Kier alpha value is -3.42. The smallest absolute Gasteiger partial charge is 0.251 e. The third kappa shape index (κ3) is 5.54. The van der Waals surface area contributed by atoms with Crippen LogP contribution in [0.2, 0.25) is 0 Å². The summed E-state index contributed by atoms with van der Waals surface area (Å²) in [6.45, 7) is 5.44. The molecule has 0 saturated heterocycles. The van der Waals surface area contributed by atoms with Crippen LogP contribution in [0.5, 0.6) is 0 Å². The molecule has 0 heterocycles. The quantitative estimate of drug-likeness (QED) is 0.583. The third-order valence-corrected chi connectivity index (χ3v) is 4.07. The molecule has 2 aromatic rings. The lowest BCUT2D eigenvalue weighted by atomic mass is 10.1. The molecule has 3 amide bonds. The van der Waals surface area contributed by atoms with Gasteiger partial charge in [-0.2, -0.15) is 0 Å². The van der Waals surface area contributed by atoms with E-state index in [1.807, 2.05) is 32.9 Å². The van der Waals surface area contributed by atoms with Crippen LogP contribution in [0.3, 0.4) is 0 Å². The zero-order valence-electron chi connectivity index (χ0n) is 16.0. The first-order chi connectivity index (χ1) is 13.2. The minimum Gasteiger partial charge on any atom is -0.376 e. The number of primary amides is 1. The first-order valence-corrected chi connectivity index (χ1v) is 8.65. The van der Waals surface area contributed by atoms with Crippen molar-refractivity contribution in [3.63, 3.8) is 0 Å². The Morgan fingerprint density at radius 2 is 1.61 bits per heavy atom. The highest BCUT2D eigenvalue weighted by atomic mass is 19.1. The van der Waals surface area contributed by atoms with Gasteiger partial charge >= 0.3 is 0 Å². The molecule has 0 aliphatic heterocycles. The molecule has 5 N–H and O–H groups in total. The van der Waals surface area contributed by atoms with E-state index in [2.05, 4.69) is 16.0 Å². The van der Waals surface area contributed by atoms with E-state index in [9.17, 15) is 18.8 Å². The molecule has 0 aromatic heterocycles. The lowest BCUT2D eigenvalue weighted by molar-refractivity contribution is -0.122. The minimum absolute atomic E-state index is 0.153. The summed E-state index contributed by atoms with van der Waals surface area (Å²) in [5.74, 6) is -2.41. The second-order valence-corrected chi connectivity index (χ2v) is 6.51. The van der Waals surface area contributed by atoms with Gasteiger partial charge in [0.05, 0.1) is 18.7 Å². The average Bonchev–Trinajstić information content (AvgIpc) is 2.62. The van der Waals surface area contributed by atoms with E-state index in [-0.39, 0.29) is 24.6 Å². The van der Waals surface area contributed by atoms with Gasteiger partial charge in [0.15, 0.2) is 0 Å². The molecule has 7 nitrogen and oxygen atoms in total. The van der Waals surface area contributed by atoms with Crippen molar-refractivity contribution in [2.75, 3.05) is 23.7 Å². The first kappa shape index (κ1) is 20.9. The molecule has 0 saturated carbocycles. The number of anilines is 2. The lowest BCUT2D eigenvalue weighted by Crippen LogP contribution is -2.36. The van der Waals surface area contributed by atoms with Gasteiger partial charge in [0, 0.05) is 11.4 Å². The number of carbonyl (C=O) groups is 3. The van der Waals surface area contributed by atoms with Crippen LogP contribution < -0.4 is 21.7 Å². The molecule has 0 aliphatic carbocycles. The van der Waals surface area contributed by atoms with Gasteiger partial charge in [-0.05, 0) is 50.1 Å². The Morgan fingerprint density at radius 3 is 2.21 bits per heavy atom. The fourth-order valence-electron chi connectivity index (χ4n) is 2.81. The van der Waals surface area contributed by atoms with Crippen LogP contribution >= 0.6 is 0 Å². The summed E-state index contributed by atoms with van der Waals surface area (Å²) < 4.78 is 13.4. The summed E-state index contributed by atoms with van der Waals surface area (Å²) in [5, 5.41) is 8.03. The summed E-state index contributed by atoms with van der Waals surface area (Å²) in [6, 6.07) is 7.62. The van der Waals surface area contributed by atoms with E-state index in [1.165, 1.54) is 12.1 Å². The van der Waals surface area contributed by atoms with E-state index in [0.29, 0.717) is 5.69 Å². The Bertz CT molecular complexity index is 905. The van der Waals surface area contributed by atoms with Crippen molar-refractivity contribution < 1.29 is 18.8 Å². The summed E-state index contributed by atoms with van der Waals surface area (Å²) in [7, 11) is 0. The predicted octanol–water partition coefficient (Wildman–Crippen LogP) is 2.02. The SMILES string of the molecule is Cc1cc(C)c(NC(=O)CNC(=O)CNc2ccc(F)c(C(N)=O)c2)c(C)c1. The second kappa shape index (κ2) is 8.98. The maximum Gasteiger partial charge on any atom is 0.251 e. The number of nitrogens with two attached hydrogens (primary N) is 1. The van der Waals surface area contributed by atoms with Gasteiger partial charge in [-0.15, -0.1) is 0 Å². The van der Waals surface area contributed by atoms with Crippen LogP contribution in [0.4, 0.5) is 15.8 Å². The number of rotatable bonds is 7. The van der Waals surface area contributed by atoms with Crippen molar-refractivity contribution in [1.29, 1.82) is 0 Å². The van der Waals surface area contributed by atoms with Crippen molar-refractivity contribution in [3.8, 4) is 0 Å². The van der Waals surface area contributed by atoms with Gasteiger partial charge in [-0.25, -0.2) is 4.39 Å².